The number of likely N-dealkylation sites (N-methyl/N-ethyl adjacent to an activating group) is 1. The molecule has 0 atom stereocenters. The molecule has 0 aliphatic rings. The number of sulfone groups is 1. The highest BCUT2D eigenvalue weighted by atomic mass is 32.2. The van der Waals surface area contributed by atoms with Crippen LogP contribution in [0, 0.1) is 0 Å². The van der Waals surface area contributed by atoms with E-state index < -0.39 is 9.84 Å². The van der Waals surface area contributed by atoms with Crippen molar-refractivity contribution in [3.8, 4) is 0 Å². The minimum Gasteiger partial charge on any atom is -0.383 e. The van der Waals surface area contributed by atoms with E-state index in [1.165, 1.54) is 0 Å². The summed E-state index contributed by atoms with van der Waals surface area (Å²) >= 11 is 0. The molecule has 104 valence electrons. The summed E-state index contributed by atoms with van der Waals surface area (Å²) in [6.45, 7) is 5.94. The van der Waals surface area contributed by atoms with E-state index in [4.69, 9.17) is 4.74 Å². The molecule has 17 heavy (non-hydrogen) atoms. The van der Waals surface area contributed by atoms with Gasteiger partial charge in [0.2, 0.25) is 0 Å². The molecular weight excluding hydrogens is 240 g/mol. The van der Waals surface area contributed by atoms with Crippen LogP contribution in [-0.2, 0) is 14.6 Å². The number of nitrogens with zero attached hydrogens (tertiary/aromatic N) is 1. The highest BCUT2D eigenvalue weighted by molar-refractivity contribution is 7.91. The van der Waals surface area contributed by atoms with Crippen molar-refractivity contribution in [1.82, 2.24) is 10.2 Å². The van der Waals surface area contributed by atoms with E-state index in [2.05, 4.69) is 10.2 Å². The minimum absolute atomic E-state index is 0.243. The molecular formula is C11H26N2O3S. The van der Waals surface area contributed by atoms with Crippen molar-refractivity contribution in [3.05, 3.63) is 0 Å². The normalized spacial score (nSPS) is 12.2. The second-order valence-electron chi connectivity index (χ2n) is 4.14. The molecule has 0 saturated heterocycles. The lowest BCUT2D eigenvalue weighted by Crippen LogP contribution is -2.32. The van der Waals surface area contributed by atoms with Crippen molar-refractivity contribution in [2.45, 2.75) is 13.3 Å². The zero-order valence-corrected chi connectivity index (χ0v) is 12.1. The Hall–Kier alpha value is -0.170. The monoisotopic (exact) mass is 266 g/mol. The molecule has 0 saturated carbocycles. The Kier molecular flexibility index (Phi) is 9.72. The van der Waals surface area contributed by atoms with Gasteiger partial charge in [-0.25, -0.2) is 8.42 Å². The van der Waals surface area contributed by atoms with Crippen LogP contribution in [0.3, 0.4) is 0 Å². The third-order valence-electron chi connectivity index (χ3n) is 2.60. The molecule has 0 rings (SSSR count). The standard InChI is InChI=1S/C11H26N2O3S/c1-4-17(14,15)11-5-6-12-7-8-13(2)9-10-16-3/h12H,4-11H2,1-3H3. The molecule has 1 N–H and O–H groups in total. The van der Waals surface area contributed by atoms with Gasteiger partial charge < -0.3 is 15.0 Å². The van der Waals surface area contributed by atoms with Gasteiger partial charge in [0.1, 0.15) is 9.84 Å². The van der Waals surface area contributed by atoms with Crippen LogP contribution in [0.25, 0.3) is 0 Å². The van der Waals surface area contributed by atoms with E-state index in [-0.39, 0.29) is 11.5 Å². The van der Waals surface area contributed by atoms with Crippen molar-refractivity contribution in [3.63, 3.8) is 0 Å². The molecule has 6 heteroatoms. The van der Waals surface area contributed by atoms with E-state index in [0.717, 1.165) is 32.8 Å². The van der Waals surface area contributed by atoms with Crippen molar-refractivity contribution in [2.24, 2.45) is 0 Å². The Morgan fingerprint density at radius 2 is 1.94 bits per heavy atom. The molecule has 0 heterocycles. The van der Waals surface area contributed by atoms with E-state index in [9.17, 15) is 8.42 Å². The maximum absolute atomic E-state index is 11.2. The number of rotatable bonds is 11. The molecule has 0 amide bonds. The van der Waals surface area contributed by atoms with Crippen LogP contribution in [0.2, 0.25) is 0 Å². The molecule has 0 aliphatic heterocycles. The average Bonchev–Trinajstić information content (AvgIpc) is 2.31. The third-order valence-corrected chi connectivity index (χ3v) is 4.39. The summed E-state index contributed by atoms with van der Waals surface area (Å²) < 4.78 is 27.4. The van der Waals surface area contributed by atoms with Gasteiger partial charge in [0.15, 0.2) is 0 Å². The van der Waals surface area contributed by atoms with Crippen LogP contribution >= 0.6 is 0 Å². The summed E-state index contributed by atoms with van der Waals surface area (Å²) in [6, 6.07) is 0. The topological polar surface area (TPSA) is 58.6 Å². The van der Waals surface area contributed by atoms with E-state index in [0.29, 0.717) is 6.42 Å². The second kappa shape index (κ2) is 9.82. The first-order valence-electron chi connectivity index (χ1n) is 6.10. The van der Waals surface area contributed by atoms with Crippen LogP contribution in [0.15, 0.2) is 0 Å². The molecule has 0 aromatic rings. The maximum Gasteiger partial charge on any atom is 0.150 e. The van der Waals surface area contributed by atoms with E-state index in [1.54, 1.807) is 14.0 Å². The zero-order chi connectivity index (χ0) is 13.1. The fraction of sp³-hybridized carbons (Fsp3) is 1.00. The van der Waals surface area contributed by atoms with E-state index in [1.807, 2.05) is 7.05 Å². The Balaban J connectivity index is 3.35. The molecule has 0 spiro atoms. The number of ether oxygens (including phenoxy) is 1. The average molecular weight is 266 g/mol. The molecule has 0 aromatic heterocycles. The lowest BCUT2D eigenvalue weighted by atomic mass is 10.4. The summed E-state index contributed by atoms with van der Waals surface area (Å²) in [5.74, 6) is 0.531. The highest BCUT2D eigenvalue weighted by Gasteiger charge is 2.05. The van der Waals surface area contributed by atoms with Gasteiger partial charge in [0.25, 0.3) is 0 Å². The SMILES string of the molecule is CCS(=O)(=O)CCCNCCN(C)CCOC. The van der Waals surface area contributed by atoms with Crippen LogP contribution in [0.1, 0.15) is 13.3 Å². The predicted molar refractivity (Wildman–Crippen MR) is 71.2 cm³/mol. The van der Waals surface area contributed by atoms with Gasteiger partial charge >= 0.3 is 0 Å². The van der Waals surface area contributed by atoms with Crippen LogP contribution < -0.4 is 5.32 Å². The van der Waals surface area contributed by atoms with Crippen molar-refractivity contribution < 1.29 is 13.2 Å². The van der Waals surface area contributed by atoms with E-state index >= 15 is 0 Å². The van der Waals surface area contributed by atoms with Gasteiger partial charge in [0, 0.05) is 32.5 Å². The number of hydrogen-bond donors (Lipinski definition) is 1. The first kappa shape index (κ1) is 16.8. The second-order valence-corrected chi connectivity index (χ2v) is 6.61. The van der Waals surface area contributed by atoms with Crippen LogP contribution in [0.4, 0.5) is 0 Å². The van der Waals surface area contributed by atoms with Gasteiger partial charge in [-0.2, -0.15) is 0 Å². The number of nitrogens with one attached hydrogen (secondary N) is 1. The van der Waals surface area contributed by atoms with Gasteiger partial charge in [-0.1, -0.05) is 6.92 Å². The first-order valence-corrected chi connectivity index (χ1v) is 7.92. The summed E-state index contributed by atoms with van der Waals surface area (Å²) in [7, 11) is 0.937. The molecule has 0 aliphatic carbocycles. The summed E-state index contributed by atoms with van der Waals surface area (Å²) in [5.41, 5.74) is 0. The molecule has 0 aromatic carbocycles. The van der Waals surface area contributed by atoms with Crippen molar-refractivity contribution >= 4 is 9.84 Å². The Bertz CT molecular complexity index is 268. The Labute approximate surface area is 105 Å². The molecule has 0 unspecified atom stereocenters. The molecule has 5 nitrogen and oxygen atoms in total. The Morgan fingerprint density at radius 1 is 1.24 bits per heavy atom. The van der Waals surface area contributed by atoms with Crippen molar-refractivity contribution in [2.75, 3.05) is 58.4 Å². The highest BCUT2D eigenvalue weighted by Crippen LogP contribution is 1.92. The quantitative estimate of drug-likeness (QED) is 0.533. The maximum atomic E-state index is 11.2. The first-order chi connectivity index (χ1) is 8.02. The van der Waals surface area contributed by atoms with Gasteiger partial charge in [-0.3, -0.25) is 0 Å². The summed E-state index contributed by atoms with van der Waals surface area (Å²) in [5, 5.41) is 3.24. The smallest absolute Gasteiger partial charge is 0.150 e. The van der Waals surface area contributed by atoms with Gasteiger partial charge in [-0.15, -0.1) is 0 Å². The largest absolute Gasteiger partial charge is 0.383 e. The predicted octanol–water partition coefficient (Wildman–Crippen LogP) is -0.0210. The molecule has 0 fully saturated rings. The van der Waals surface area contributed by atoms with Crippen molar-refractivity contribution in [1.29, 1.82) is 0 Å². The zero-order valence-electron chi connectivity index (χ0n) is 11.2. The minimum atomic E-state index is -2.80. The summed E-state index contributed by atoms with van der Waals surface area (Å²) in [4.78, 5) is 2.18. The number of methoxy groups -OCH3 is 1. The third kappa shape index (κ3) is 10.7. The fourth-order valence-corrected chi connectivity index (χ4v) is 2.19. The van der Waals surface area contributed by atoms with Gasteiger partial charge in [0.05, 0.1) is 12.4 Å². The molecule has 0 bridgehead atoms. The lowest BCUT2D eigenvalue weighted by molar-refractivity contribution is 0.161. The van der Waals surface area contributed by atoms with Crippen LogP contribution in [-0.4, -0.2) is 71.8 Å². The number of hydrogen-bond acceptors (Lipinski definition) is 5. The Morgan fingerprint density at radius 3 is 2.53 bits per heavy atom. The van der Waals surface area contributed by atoms with Crippen LogP contribution in [0.5, 0.6) is 0 Å². The summed E-state index contributed by atoms with van der Waals surface area (Å²) in [6.07, 6.45) is 0.692. The fourth-order valence-electron chi connectivity index (χ4n) is 1.32. The van der Waals surface area contributed by atoms with Gasteiger partial charge in [-0.05, 0) is 20.0 Å². The lowest BCUT2D eigenvalue weighted by Gasteiger charge is -2.16. The molecule has 0 radical (unpaired) electrons.